The van der Waals surface area contributed by atoms with Crippen LogP contribution in [0.2, 0.25) is 0 Å². The van der Waals surface area contributed by atoms with Gasteiger partial charge in [0.15, 0.2) is 0 Å². The zero-order chi connectivity index (χ0) is 18.5. The molecule has 0 unspecified atom stereocenters. The van der Waals surface area contributed by atoms with Crippen LogP contribution in [-0.4, -0.2) is 22.3 Å². The standard InChI is InChI=1S/C20H19FN4O/c1-13(2)14-3-5-16(6-4-14)20(26)25-23-12-19-18(11-22-24-19)15-7-9-17(21)10-8-15/h3-13H,1-2H3,(H,22,24)(H,25,26)/b23-12-. The lowest BCUT2D eigenvalue weighted by atomic mass is 10.0. The Bertz CT molecular complexity index is 912. The summed E-state index contributed by atoms with van der Waals surface area (Å²) < 4.78 is 13.1. The largest absolute Gasteiger partial charge is 0.276 e. The Morgan fingerprint density at radius 3 is 2.50 bits per heavy atom. The second-order valence-corrected chi connectivity index (χ2v) is 6.18. The van der Waals surface area contributed by atoms with Crippen molar-refractivity contribution < 1.29 is 9.18 Å². The molecule has 1 heterocycles. The van der Waals surface area contributed by atoms with Gasteiger partial charge in [-0.25, -0.2) is 9.82 Å². The van der Waals surface area contributed by atoms with Crippen molar-refractivity contribution in [1.29, 1.82) is 0 Å². The summed E-state index contributed by atoms with van der Waals surface area (Å²) in [5.74, 6) is -0.182. The van der Waals surface area contributed by atoms with Gasteiger partial charge < -0.3 is 0 Å². The van der Waals surface area contributed by atoms with Gasteiger partial charge in [-0.3, -0.25) is 9.89 Å². The molecule has 0 aliphatic carbocycles. The number of nitrogens with zero attached hydrogens (tertiary/aromatic N) is 2. The second-order valence-electron chi connectivity index (χ2n) is 6.18. The average Bonchev–Trinajstić information content (AvgIpc) is 3.11. The molecular formula is C20H19FN4O. The van der Waals surface area contributed by atoms with Crippen LogP contribution in [0.15, 0.2) is 59.8 Å². The number of amides is 1. The highest BCUT2D eigenvalue weighted by molar-refractivity contribution is 5.95. The van der Waals surface area contributed by atoms with Crippen LogP contribution in [0.4, 0.5) is 4.39 Å². The van der Waals surface area contributed by atoms with E-state index in [-0.39, 0.29) is 11.7 Å². The van der Waals surface area contributed by atoms with Gasteiger partial charge in [-0.2, -0.15) is 10.2 Å². The Morgan fingerprint density at radius 2 is 1.85 bits per heavy atom. The molecule has 3 aromatic rings. The molecule has 0 aliphatic heterocycles. The van der Waals surface area contributed by atoms with Crippen molar-refractivity contribution in [3.05, 3.63) is 77.4 Å². The Kier molecular flexibility index (Phi) is 5.22. The summed E-state index contributed by atoms with van der Waals surface area (Å²) in [4.78, 5) is 12.2. The maximum absolute atomic E-state index is 13.1. The Morgan fingerprint density at radius 1 is 1.15 bits per heavy atom. The smallest absolute Gasteiger partial charge is 0.271 e. The van der Waals surface area contributed by atoms with Crippen molar-refractivity contribution >= 4 is 12.1 Å². The van der Waals surface area contributed by atoms with E-state index < -0.39 is 0 Å². The first-order valence-corrected chi connectivity index (χ1v) is 8.27. The molecule has 0 radical (unpaired) electrons. The minimum Gasteiger partial charge on any atom is -0.276 e. The first-order valence-electron chi connectivity index (χ1n) is 8.27. The van der Waals surface area contributed by atoms with E-state index in [9.17, 15) is 9.18 Å². The molecule has 0 spiro atoms. The molecule has 2 aromatic carbocycles. The highest BCUT2D eigenvalue weighted by atomic mass is 19.1. The topological polar surface area (TPSA) is 70.1 Å². The summed E-state index contributed by atoms with van der Waals surface area (Å²) in [5.41, 5.74) is 6.39. The van der Waals surface area contributed by atoms with Crippen molar-refractivity contribution in [3.63, 3.8) is 0 Å². The van der Waals surface area contributed by atoms with E-state index in [4.69, 9.17) is 0 Å². The fourth-order valence-electron chi connectivity index (χ4n) is 2.49. The third kappa shape index (κ3) is 4.03. The molecule has 1 aromatic heterocycles. The van der Waals surface area contributed by atoms with E-state index in [1.165, 1.54) is 23.9 Å². The van der Waals surface area contributed by atoms with Crippen molar-refractivity contribution in [2.45, 2.75) is 19.8 Å². The SMILES string of the molecule is CC(C)c1ccc(C(=O)N/N=C\c2[nH]ncc2-c2ccc(F)cc2)cc1. The maximum Gasteiger partial charge on any atom is 0.271 e. The minimum absolute atomic E-state index is 0.292. The Hall–Kier alpha value is -3.28. The van der Waals surface area contributed by atoms with Gasteiger partial charge in [0.05, 0.1) is 18.1 Å². The Labute approximate surface area is 151 Å². The average molecular weight is 350 g/mol. The number of hydrazone groups is 1. The number of hydrogen-bond acceptors (Lipinski definition) is 3. The summed E-state index contributed by atoms with van der Waals surface area (Å²) in [6.07, 6.45) is 3.10. The van der Waals surface area contributed by atoms with Gasteiger partial charge in [0, 0.05) is 11.1 Å². The van der Waals surface area contributed by atoms with Gasteiger partial charge >= 0.3 is 0 Å². The first kappa shape index (κ1) is 17.5. The van der Waals surface area contributed by atoms with Gasteiger partial charge in [-0.15, -0.1) is 0 Å². The van der Waals surface area contributed by atoms with Crippen molar-refractivity contribution in [2.75, 3.05) is 0 Å². The molecule has 26 heavy (non-hydrogen) atoms. The molecule has 0 aliphatic rings. The third-order valence-corrected chi connectivity index (χ3v) is 4.02. The number of rotatable bonds is 5. The lowest BCUT2D eigenvalue weighted by Gasteiger charge is -2.06. The van der Waals surface area contributed by atoms with Gasteiger partial charge in [0.1, 0.15) is 5.82 Å². The van der Waals surface area contributed by atoms with E-state index in [1.54, 1.807) is 30.5 Å². The maximum atomic E-state index is 13.1. The number of benzene rings is 2. The van der Waals surface area contributed by atoms with Crippen molar-refractivity contribution in [2.24, 2.45) is 5.10 Å². The van der Waals surface area contributed by atoms with Gasteiger partial charge in [-0.05, 0) is 41.3 Å². The van der Waals surface area contributed by atoms with E-state index in [0.717, 1.165) is 11.1 Å². The van der Waals surface area contributed by atoms with Crippen molar-refractivity contribution in [1.82, 2.24) is 15.6 Å². The van der Waals surface area contributed by atoms with Gasteiger partial charge in [0.25, 0.3) is 5.91 Å². The van der Waals surface area contributed by atoms with Crippen molar-refractivity contribution in [3.8, 4) is 11.1 Å². The second kappa shape index (κ2) is 7.74. The molecule has 0 atom stereocenters. The zero-order valence-corrected chi connectivity index (χ0v) is 14.5. The normalized spacial score (nSPS) is 11.2. The lowest BCUT2D eigenvalue weighted by Crippen LogP contribution is -2.17. The lowest BCUT2D eigenvalue weighted by molar-refractivity contribution is 0.0955. The highest BCUT2D eigenvalue weighted by Gasteiger charge is 2.08. The molecule has 6 heteroatoms. The highest BCUT2D eigenvalue weighted by Crippen LogP contribution is 2.21. The summed E-state index contributed by atoms with van der Waals surface area (Å²) in [5, 5.41) is 10.8. The zero-order valence-electron chi connectivity index (χ0n) is 14.5. The van der Waals surface area contributed by atoms with Crippen LogP contribution in [0.1, 0.15) is 41.4 Å². The third-order valence-electron chi connectivity index (χ3n) is 4.02. The predicted molar refractivity (Wildman–Crippen MR) is 99.6 cm³/mol. The number of aromatic amines is 1. The van der Waals surface area contributed by atoms with Crippen LogP contribution in [-0.2, 0) is 0 Å². The fourth-order valence-corrected chi connectivity index (χ4v) is 2.49. The fraction of sp³-hybridized carbons (Fsp3) is 0.150. The summed E-state index contributed by atoms with van der Waals surface area (Å²) in [7, 11) is 0. The number of carbonyl (C=O) groups excluding carboxylic acids is 1. The number of halogens is 1. The molecule has 3 rings (SSSR count). The monoisotopic (exact) mass is 350 g/mol. The molecule has 5 nitrogen and oxygen atoms in total. The minimum atomic E-state index is -0.303. The molecule has 1 amide bonds. The van der Waals surface area contributed by atoms with E-state index in [1.807, 2.05) is 12.1 Å². The van der Waals surface area contributed by atoms with Crippen LogP contribution in [0.25, 0.3) is 11.1 Å². The van der Waals surface area contributed by atoms with Gasteiger partial charge in [0.2, 0.25) is 0 Å². The molecular weight excluding hydrogens is 331 g/mol. The quantitative estimate of drug-likeness (QED) is 0.537. The number of carbonyl (C=O) groups is 1. The number of H-pyrrole nitrogens is 1. The van der Waals surface area contributed by atoms with E-state index in [2.05, 4.69) is 34.6 Å². The van der Waals surface area contributed by atoms with Crippen LogP contribution in [0, 0.1) is 5.82 Å². The molecule has 0 saturated carbocycles. The van der Waals surface area contributed by atoms with Crippen LogP contribution in [0.5, 0.6) is 0 Å². The number of aromatic nitrogens is 2. The van der Waals surface area contributed by atoms with Crippen LogP contribution < -0.4 is 5.43 Å². The molecule has 0 bridgehead atoms. The van der Waals surface area contributed by atoms with Crippen LogP contribution in [0.3, 0.4) is 0 Å². The number of hydrogen-bond donors (Lipinski definition) is 2. The molecule has 0 saturated heterocycles. The predicted octanol–water partition coefficient (Wildman–Crippen LogP) is 4.10. The molecule has 0 fully saturated rings. The Balaban J connectivity index is 1.68. The molecule has 132 valence electrons. The summed E-state index contributed by atoms with van der Waals surface area (Å²) in [6.45, 7) is 4.20. The van der Waals surface area contributed by atoms with E-state index in [0.29, 0.717) is 17.2 Å². The number of nitrogens with one attached hydrogen (secondary N) is 2. The summed E-state index contributed by atoms with van der Waals surface area (Å²) >= 11 is 0. The van der Waals surface area contributed by atoms with Gasteiger partial charge in [-0.1, -0.05) is 38.1 Å². The summed E-state index contributed by atoms with van der Waals surface area (Å²) in [6, 6.07) is 13.5. The van der Waals surface area contributed by atoms with E-state index >= 15 is 0 Å². The van der Waals surface area contributed by atoms with Crippen LogP contribution >= 0.6 is 0 Å². The molecule has 2 N–H and O–H groups in total. The first-order chi connectivity index (χ1) is 12.5.